The van der Waals surface area contributed by atoms with E-state index < -0.39 is 0 Å². The second-order valence-electron chi connectivity index (χ2n) is 6.01. The summed E-state index contributed by atoms with van der Waals surface area (Å²) in [4.78, 5) is 7.14. The molecule has 0 saturated heterocycles. The van der Waals surface area contributed by atoms with Crippen molar-refractivity contribution in [3.8, 4) is 0 Å². The van der Waals surface area contributed by atoms with E-state index in [9.17, 15) is 0 Å². The molecule has 0 amide bonds. The van der Waals surface area contributed by atoms with Crippen molar-refractivity contribution in [3.05, 3.63) is 34.4 Å². The zero-order valence-electron chi connectivity index (χ0n) is 12.6. The predicted octanol–water partition coefficient (Wildman–Crippen LogP) is 2.39. The van der Waals surface area contributed by atoms with Gasteiger partial charge in [-0.15, -0.1) is 0 Å². The van der Waals surface area contributed by atoms with Crippen molar-refractivity contribution >= 4 is 43.4 Å². The van der Waals surface area contributed by atoms with Crippen LogP contribution in [0.2, 0.25) is 5.02 Å². The number of rotatable bonds is 2. The Labute approximate surface area is 138 Å². The third-order valence-electron chi connectivity index (χ3n) is 4.04. The number of allylic oxidation sites excluding steroid dienone is 1. The summed E-state index contributed by atoms with van der Waals surface area (Å²) in [5, 5.41) is 0.770. The van der Waals surface area contributed by atoms with Crippen LogP contribution in [0.3, 0.4) is 0 Å². The van der Waals surface area contributed by atoms with Gasteiger partial charge in [0.2, 0.25) is 0 Å². The minimum atomic E-state index is 0.465. The minimum absolute atomic E-state index is 0.465. The molecular formula is C16H20ClN3Se. The van der Waals surface area contributed by atoms with Crippen LogP contribution in [0.15, 0.2) is 23.8 Å². The van der Waals surface area contributed by atoms with Gasteiger partial charge in [0.05, 0.1) is 0 Å². The number of imidazole rings is 1. The van der Waals surface area contributed by atoms with Gasteiger partial charge in [0.15, 0.2) is 0 Å². The summed E-state index contributed by atoms with van der Waals surface area (Å²) in [6, 6.07) is 4.51. The molecule has 0 aliphatic carbocycles. The Bertz CT molecular complexity index is 716. The van der Waals surface area contributed by atoms with Gasteiger partial charge in [0.25, 0.3) is 0 Å². The number of aromatic nitrogens is 2. The quantitative estimate of drug-likeness (QED) is 0.599. The summed E-state index contributed by atoms with van der Waals surface area (Å²) in [5.41, 5.74) is 4.87. The fourth-order valence-electron chi connectivity index (χ4n) is 2.90. The number of hydrogen-bond acceptors (Lipinski definition) is 2. The molecule has 0 N–H and O–H groups in total. The number of nitrogens with zero attached hydrogens (tertiary/aromatic N) is 3. The SMILES string of the molecule is CC(C)=CCN1Cc2cc(Cl)cc3nc([SeH])n(c23)CC1C. The molecule has 3 nitrogen and oxygen atoms in total. The molecule has 112 valence electrons. The van der Waals surface area contributed by atoms with Gasteiger partial charge < -0.3 is 0 Å². The molecule has 2 aromatic rings. The Balaban J connectivity index is 2.07. The third-order valence-corrected chi connectivity index (χ3v) is 4.98. The van der Waals surface area contributed by atoms with E-state index in [1.54, 1.807) is 0 Å². The fraction of sp³-hybridized carbons (Fsp3) is 0.438. The molecule has 3 rings (SSSR count). The van der Waals surface area contributed by atoms with Crippen LogP contribution in [0.5, 0.6) is 0 Å². The van der Waals surface area contributed by atoms with Crippen molar-refractivity contribution in [1.82, 2.24) is 14.5 Å². The van der Waals surface area contributed by atoms with Gasteiger partial charge in [-0.25, -0.2) is 0 Å². The van der Waals surface area contributed by atoms with Crippen LogP contribution >= 0.6 is 11.6 Å². The Morgan fingerprint density at radius 2 is 2.24 bits per heavy atom. The molecule has 0 bridgehead atoms. The van der Waals surface area contributed by atoms with Crippen molar-refractivity contribution in [3.63, 3.8) is 0 Å². The molecule has 0 saturated carbocycles. The molecule has 1 aromatic carbocycles. The zero-order chi connectivity index (χ0) is 15.1. The first-order chi connectivity index (χ1) is 9.95. The van der Waals surface area contributed by atoms with E-state index in [2.05, 4.69) is 63.4 Å². The van der Waals surface area contributed by atoms with Crippen molar-refractivity contribution in [2.45, 2.75) is 39.9 Å². The van der Waals surface area contributed by atoms with Gasteiger partial charge >= 0.3 is 139 Å². The second-order valence-corrected chi connectivity index (χ2v) is 7.29. The van der Waals surface area contributed by atoms with Crippen LogP contribution in [0.25, 0.3) is 11.0 Å². The average Bonchev–Trinajstić information content (AvgIpc) is 2.61. The number of halogens is 1. The first-order valence-corrected chi connectivity index (χ1v) is 8.52. The van der Waals surface area contributed by atoms with Crippen molar-refractivity contribution in [1.29, 1.82) is 0 Å². The van der Waals surface area contributed by atoms with Gasteiger partial charge in [-0.1, -0.05) is 0 Å². The molecule has 1 unspecified atom stereocenters. The molecular weight excluding hydrogens is 349 g/mol. The zero-order valence-corrected chi connectivity index (χ0v) is 15.2. The van der Waals surface area contributed by atoms with Crippen LogP contribution in [0.1, 0.15) is 26.3 Å². The number of benzene rings is 1. The molecule has 21 heavy (non-hydrogen) atoms. The summed E-state index contributed by atoms with van der Waals surface area (Å²) in [6.45, 7) is 9.43. The molecule has 2 heterocycles. The fourth-order valence-corrected chi connectivity index (χ4v) is 3.74. The molecule has 0 radical (unpaired) electrons. The normalized spacial score (nSPS) is 18.8. The van der Waals surface area contributed by atoms with Crippen molar-refractivity contribution in [2.75, 3.05) is 6.54 Å². The van der Waals surface area contributed by atoms with Gasteiger partial charge in [0.1, 0.15) is 0 Å². The maximum absolute atomic E-state index is 6.27. The van der Waals surface area contributed by atoms with Gasteiger partial charge in [0, 0.05) is 0 Å². The molecule has 1 aromatic heterocycles. The molecule has 1 aliphatic heterocycles. The van der Waals surface area contributed by atoms with E-state index in [1.165, 1.54) is 16.7 Å². The molecule has 1 atom stereocenters. The number of hydrogen-bond donors (Lipinski definition) is 0. The first kappa shape index (κ1) is 15.1. The van der Waals surface area contributed by atoms with Crippen LogP contribution in [-0.4, -0.2) is 43.1 Å². The first-order valence-electron chi connectivity index (χ1n) is 7.20. The molecule has 5 heteroatoms. The molecule has 0 fully saturated rings. The maximum atomic E-state index is 6.27. The second kappa shape index (κ2) is 5.77. The summed E-state index contributed by atoms with van der Waals surface area (Å²) in [7, 11) is 0. The van der Waals surface area contributed by atoms with Crippen molar-refractivity contribution < 1.29 is 0 Å². The summed E-state index contributed by atoms with van der Waals surface area (Å²) in [6.07, 6.45) is 2.29. The Morgan fingerprint density at radius 3 is 2.95 bits per heavy atom. The van der Waals surface area contributed by atoms with Gasteiger partial charge in [-0.3, -0.25) is 0 Å². The summed E-state index contributed by atoms with van der Waals surface area (Å²) >= 11 is 8.85. The van der Waals surface area contributed by atoms with E-state index >= 15 is 0 Å². The predicted molar refractivity (Wildman–Crippen MR) is 90.8 cm³/mol. The monoisotopic (exact) mass is 369 g/mol. The van der Waals surface area contributed by atoms with Gasteiger partial charge in [-0.05, 0) is 0 Å². The standard InChI is InChI=1S/C16H20ClN3Se/c1-10(2)4-5-19-9-12-6-13(17)7-14-15(12)20(8-11(19)3)16(21)18-14/h4,6-7,11H,5,8-9H2,1-3H3,(H,18,21). The van der Waals surface area contributed by atoms with Crippen LogP contribution in [0.4, 0.5) is 0 Å². The van der Waals surface area contributed by atoms with Crippen LogP contribution in [0, 0.1) is 0 Å². The third kappa shape index (κ3) is 2.91. The van der Waals surface area contributed by atoms with E-state index in [0.717, 1.165) is 34.9 Å². The van der Waals surface area contributed by atoms with Crippen LogP contribution in [-0.2, 0) is 13.1 Å². The Morgan fingerprint density at radius 1 is 1.48 bits per heavy atom. The van der Waals surface area contributed by atoms with E-state index in [0.29, 0.717) is 6.04 Å². The average molecular weight is 369 g/mol. The van der Waals surface area contributed by atoms with Crippen molar-refractivity contribution in [2.24, 2.45) is 0 Å². The van der Waals surface area contributed by atoms with E-state index in [1.807, 2.05) is 6.07 Å². The molecule has 1 aliphatic rings. The summed E-state index contributed by atoms with van der Waals surface area (Å²) in [5.74, 6) is 0. The van der Waals surface area contributed by atoms with E-state index in [-0.39, 0.29) is 0 Å². The molecule has 0 spiro atoms. The Hall–Kier alpha value is -0.801. The van der Waals surface area contributed by atoms with Crippen LogP contribution < -0.4 is 4.72 Å². The van der Waals surface area contributed by atoms with Gasteiger partial charge in [-0.2, -0.15) is 0 Å². The van der Waals surface area contributed by atoms with E-state index in [4.69, 9.17) is 11.6 Å². The Kier molecular flexibility index (Phi) is 4.15. The summed E-state index contributed by atoms with van der Waals surface area (Å²) < 4.78 is 3.32. The topological polar surface area (TPSA) is 21.1 Å².